The normalized spacial score (nSPS) is 11.9. The molecule has 78 valence electrons. The number of para-hydroxylation sites is 1. The third-order valence-electron chi connectivity index (χ3n) is 2.87. The second kappa shape index (κ2) is 3.63. The van der Waals surface area contributed by atoms with E-state index in [9.17, 15) is 0 Å². The predicted molar refractivity (Wildman–Crippen MR) is 63.8 cm³/mol. The van der Waals surface area contributed by atoms with Crippen LogP contribution in [-0.4, -0.2) is 11.5 Å². The summed E-state index contributed by atoms with van der Waals surface area (Å²) in [5, 5.41) is 1.18. The molecule has 15 heavy (non-hydrogen) atoms. The van der Waals surface area contributed by atoms with Crippen molar-refractivity contribution >= 4 is 10.9 Å². The zero-order valence-electron chi connectivity index (χ0n) is 9.20. The molecule has 0 fully saturated rings. The number of aromatic nitrogens is 1. The molecule has 1 heterocycles. The van der Waals surface area contributed by atoms with Gasteiger partial charge < -0.3 is 5.73 Å². The van der Waals surface area contributed by atoms with Crippen molar-refractivity contribution in [3.05, 3.63) is 42.1 Å². The van der Waals surface area contributed by atoms with Crippen molar-refractivity contribution < 1.29 is 0 Å². The Bertz CT molecular complexity index is 469. The van der Waals surface area contributed by atoms with Gasteiger partial charge in [-0.15, -0.1) is 0 Å². The van der Waals surface area contributed by atoms with Crippen molar-refractivity contribution in [1.29, 1.82) is 0 Å². The average molecular weight is 200 g/mol. The number of hydrogen-bond donors (Lipinski definition) is 1. The van der Waals surface area contributed by atoms with E-state index in [1.54, 1.807) is 0 Å². The Kier molecular flexibility index (Phi) is 2.45. The molecule has 0 amide bonds. The Hall–Kier alpha value is -1.41. The van der Waals surface area contributed by atoms with Crippen molar-refractivity contribution in [2.24, 2.45) is 5.73 Å². The summed E-state index contributed by atoms with van der Waals surface area (Å²) in [7, 11) is 0. The molecular formula is C13H16N2. The Morgan fingerprint density at radius 1 is 1.20 bits per heavy atom. The lowest BCUT2D eigenvalue weighted by molar-refractivity contribution is 0.543. The van der Waals surface area contributed by atoms with Gasteiger partial charge in [0.05, 0.1) is 5.52 Å². The maximum absolute atomic E-state index is 5.80. The van der Waals surface area contributed by atoms with Gasteiger partial charge in [0.15, 0.2) is 0 Å². The molecule has 0 aliphatic carbocycles. The number of benzene rings is 1. The van der Waals surface area contributed by atoms with E-state index in [2.05, 4.69) is 43.1 Å². The van der Waals surface area contributed by atoms with E-state index in [1.165, 1.54) is 10.9 Å². The fourth-order valence-electron chi connectivity index (χ4n) is 1.76. The fourth-order valence-corrected chi connectivity index (χ4v) is 1.76. The highest BCUT2D eigenvalue weighted by atomic mass is 14.7. The van der Waals surface area contributed by atoms with E-state index in [-0.39, 0.29) is 5.41 Å². The number of nitrogens with two attached hydrogens (primary N) is 1. The molecular weight excluding hydrogens is 184 g/mol. The van der Waals surface area contributed by atoms with Crippen LogP contribution in [0.25, 0.3) is 10.9 Å². The topological polar surface area (TPSA) is 38.9 Å². The molecule has 0 spiro atoms. The van der Waals surface area contributed by atoms with Crippen LogP contribution in [0.5, 0.6) is 0 Å². The van der Waals surface area contributed by atoms with E-state index in [4.69, 9.17) is 5.73 Å². The minimum atomic E-state index is -0.0200. The number of fused-ring (bicyclic) bond motifs is 1. The molecule has 0 atom stereocenters. The third kappa shape index (κ3) is 1.73. The maximum Gasteiger partial charge on any atom is 0.0739 e. The largest absolute Gasteiger partial charge is 0.330 e. The van der Waals surface area contributed by atoms with Gasteiger partial charge in [0, 0.05) is 23.5 Å². The van der Waals surface area contributed by atoms with Gasteiger partial charge in [0.1, 0.15) is 0 Å². The van der Waals surface area contributed by atoms with Crippen LogP contribution >= 0.6 is 0 Å². The van der Waals surface area contributed by atoms with Gasteiger partial charge in [-0.25, -0.2) is 0 Å². The molecule has 0 unspecified atom stereocenters. The van der Waals surface area contributed by atoms with Crippen LogP contribution in [0.1, 0.15) is 19.4 Å². The highest BCUT2D eigenvalue weighted by Crippen LogP contribution is 2.27. The van der Waals surface area contributed by atoms with Crippen LogP contribution in [0, 0.1) is 0 Å². The molecule has 2 nitrogen and oxygen atoms in total. The van der Waals surface area contributed by atoms with E-state index < -0.39 is 0 Å². The molecule has 1 aromatic carbocycles. The molecule has 0 saturated carbocycles. The SMILES string of the molecule is CC(C)(CN)c1cccc2cccnc12. The molecule has 0 bridgehead atoms. The van der Waals surface area contributed by atoms with Crippen LogP contribution < -0.4 is 5.73 Å². The van der Waals surface area contributed by atoms with Crippen LogP contribution in [0.2, 0.25) is 0 Å². The maximum atomic E-state index is 5.80. The second-order valence-corrected chi connectivity index (χ2v) is 4.47. The van der Waals surface area contributed by atoms with Gasteiger partial charge in [-0.3, -0.25) is 4.98 Å². The van der Waals surface area contributed by atoms with Gasteiger partial charge in [-0.1, -0.05) is 38.1 Å². The zero-order chi connectivity index (χ0) is 10.9. The fraction of sp³-hybridized carbons (Fsp3) is 0.308. The van der Waals surface area contributed by atoms with Crippen molar-refractivity contribution in [3.63, 3.8) is 0 Å². The highest BCUT2D eigenvalue weighted by molar-refractivity contribution is 5.82. The third-order valence-corrected chi connectivity index (χ3v) is 2.87. The average Bonchev–Trinajstić information content (AvgIpc) is 2.28. The van der Waals surface area contributed by atoms with Crippen LogP contribution in [0.4, 0.5) is 0 Å². The summed E-state index contributed by atoms with van der Waals surface area (Å²) in [4.78, 5) is 4.44. The van der Waals surface area contributed by atoms with Gasteiger partial charge in [-0.2, -0.15) is 0 Å². The molecule has 2 heteroatoms. The number of pyridine rings is 1. The first-order valence-electron chi connectivity index (χ1n) is 5.19. The molecule has 0 radical (unpaired) electrons. The lowest BCUT2D eigenvalue weighted by atomic mass is 9.83. The van der Waals surface area contributed by atoms with Crippen LogP contribution in [0.15, 0.2) is 36.5 Å². The minimum absolute atomic E-state index is 0.0200. The monoisotopic (exact) mass is 200 g/mol. The summed E-state index contributed by atoms with van der Waals surface area (Å²) in [6.07, 6.45) is 1.83. The van der Waals surface area contributed by atoms with Gasteiger partial charge in [0.2, 0.25) is 0 Å². The van der Waals surface area contributed by atoms with E-state index >= 15 is 0 Å². The first kappa shape index (κ1) is 10.1. The Labute approximate surface area is 90.1 Å². The van der Waals surface area contributed by atoms with Gasteiger partial charge in [0.25, 0.3) is 0 Å². The molecule has 0 aliphatic rings. The van der Waals surface area contributed by atoms with Crippen molar-refractivity contribution in [2.45, 2.75) is 19.3 Å². The molecule has 1 aromatic heterocycles. The summed E-state index contributed by atoms with van der Waals surface area (Å²) in [6, 6.07) is 10.3. The zero-order valence-corrected chi connectivity index (χ0v) is 9.20. The van der Waals surface area contributed by atoms with E-state index in [0.29, 0.717) is 6.54 Å². The van der Waals surface area contributed by atoms with Crippen LogP contribution in [0.3, 0.4) is 0 Å². The molecule has 2 N–H and O–H groups in total. The van der Waals surface area contributed by atoms with E-state index in [1.807, 2.05) is 12.3 Å². The number of nitrogens with zero attached hydrogens (tertiary/aromatic N) is 1. The molecule has 2 rings (SSSR count). The summed E-state index contributed by atoms with van der Waals surface area (Å²) in [5.74, 6) is 0. The Balaban J connectivity index is 2.71. The second-order valence-electron chi connectivity index (χ2n) is 4.47. The smallest absolute Gasteiger partial charge is 0.0739 e. The molecule has 0 aliphatic heterocycles. The number of hydrogen-bond acceptors (Lipinski definition) is 2. The molecule has 2 aromatic rings. The Morgan fingerprint density at radius 3 is 2.67 bits per heavy atom. The quantitative estimate of drug-likeness (QED) is 0.808. The van der Waals surface area contributed by atoms with Crippen LogP contribution in [-0.2, 0) is 5.41 Å². The first-order chi connectivity index (χ1) is 7.15. The summed E-state index contributed by atoms with van der Waals surface area (Å²) >= 11 is 0. The minimum Gasteiger partial charge on any atom is -0.330 e. The van der Waals surface area contributed by atoms with Gasteiger partial charge >= 0.3 is 0 Å². The summed E-state index contributed by atoms with van der Waals surface area (Å²) < 4.78 is 0. The summed E-state index contributed by atoms with van der Waals surface area (Å²) in [6.45, 7) is 4.93. The van der Waals surface area contributed by atoms with Crippen molar-refractivity contribution in [1.82, 2.24) is 4.98 Å². The van der Waals surface area contributed by atoms with Gasteiger partial charge in [-0.05, 0) is 11.6 Å². The van der Waals surface area contributed by atoms with Crippen molar-refractivity contribution in [2.75, 3.05) is 6.54 Å². The number of rotatable bonds is 2. The lowest BCUT2D eigenvalue weighted by Gasteiger charge is -2.24. The molecule has 0 saturated heterocycles. The standard InChI is InChI=1S/C13H16N2/c1-13(2,9-14)11-7-3-5-10-6-4-8-15-12(10)11/h3-8H,9,14H2,1-2H3. The lowest BCUT2D eigenvalue weighted by Crippen LogP contribution is -2.28. The first-order valence-corrected chi connectivity index (χ1v) is 5.19. The highest BCUT2D eigenvalue weighted by Gasteiger charge is 2.21. The van der Waals surface area contributed by atoms with E-state index in [0.717, 1.165) is 5.52 Å². The van der Waals surface area contributed by atoms with Crippen molar-refractivity contribution in [3.8, 4) is 0 Å². The Morgan fingerprint density at radius 2 is 1.93 bits per heavy atom. The summed E-state index contributed by atoms with van der Waals surface area (Å²) in [5.41, 5.74) is 8.07. The predicted octanol–water partition coefficient (Wildman–Crippen LogP) is 2.47.